The zero-order chi connectivity index (χ0) is 18.1. The first kappa shape index (κ1) is 17.9. The van der Waals surface area contributed by atoms with Crippen molar-refractivity contribution in [1.29, 1.82) is 5.26 Å². The molecular weight excluding hydrogens is 321 g/mol. The zero-order valence-electron chi connectivity index (χ0n) is 13.3. The van der Waals surface area contributed by atoms with Gasteiger partial charge in [0.25, 0.3) is 0 Å². The molecule has 2 aromatic carbocycles. The molecule has 2 rings (SSSR count). The van der Waals surface area contributed by atoms with Gasteiger partial charge in [-0.05, 0) is 41.5 Å². The van der Waals surface area contributed by atoms with E-state index in [9.17, 15) is 14.0 Å². The van der Waals surface area contributed by atoms with E-state index in [1.54, 1.807) is 48.5 Å². The number of benzene rings is 2. The van der Waals surface area contributed by atoms with Gasteiger partial charge in [0.15, 0.2) is 0 Å². The lowest BCUT2D eigenvalue weighted by Crippen LogP contribution is -2.21. The van der Waals surface area contributed by atoms with E-state index in [1.165, 1.54) is 18.2 Å². The van der Waals surface area contributed by atoms with Gasteiger partial charge in [0.2, 0.25) is 11.8 Å². The first-order valence-electron chi connectivity index (χ1n) is 7.54. The number of nitrogens with one attached hydrogen (secondary N) is 2. The molecule has 0 aromatic heterocycles. The fourth-order valence-electron chi connectivity index (χ4n) is 2.02. The number of hydrogen-bond donors (Lipinski definition) is 2. The summed E-state index contributed by atoms with van der Waals surface area (Å²) in [4.78, 5) is 23.2. The van der Waals surface area contributed by atoms with E-state index >= 15 is 0 Å². The topological polar surface area (TPSA) is 82.0 Å². The van der Waals surface area contributed by atoms with Crippen LogP contribution in [0, 0.1) is 17.1 Å². The lowest BCUT2D eigenvalue weighted by molar-refractivity contribution is -0.120. The Bertz CT molecular complexity index is 823. The van der Waals surface area contributed by atoms with Crippen molar-refractivity contribution < 1.29 is 14.0 Å². The van der Waals surface area contributed by atoms with Gasteiger partial charge >= 0.3 is 0 Å². The summed E-state index contributed by atoms with van der Waals surface area (Å²) in [5.74, 6) is -1.01. The summed E-state index contributed by atoms with van der Waals surface area (Å²) in [6, 6.07) is 14.6. The molecule has 2 aromatic rings. The molecule has 2 amide bonds. The Morgan fingerprint density at radius 1 is 1.16 bits per heavy atom. The molecule has 0 fully saturated rings. The molecule has 0 spiro atoms. The van der Waals surface area contributed by atoms with Crippen LogP contribution in [0.15, 0.2) is 54.6 Å². The number of nitrogens with zero attached hydrogens (tertiary/aromatic N) is 1. The number of nitriles is 1. The second kappa shape index (κ2) is 8.99. The highest BCUT2D eigenvalue weighted by Crippen LogP contribution is 2.11. The molecule has 0 aliphatic carbocycles. The fourth-order valence-corrected chi connectivity index (χ4v) is 2.02. The lowest BCUT2D eigenvalue weighted by atomic mass is 10.2. The van der Waals surface area contributed by atoms with Crippen LogP contribution in [0.1, 0.15) is 17.5 Å². The van der Waals surface area contributed by atoms with Crippen molar-refractivity contribution in [3.8, 4) is 6.07 Å². The van der Waals surface area contributed by atoms with Crippen LogP contribution in [0.5, 0.6) is 0 Å². The number of halogens is 1. The zero-order valence-corrected chi connectivity index (χ0v) is 13.3. The van der Waals surface area contributed by atoms with Gasteiger partial charge in [-0.3, -0.25) is 9.59 Å². The highest BCUT2D eigenvalue weighted by molar-refractivity contribution is 6.01. The molecule has 2 N–H and O–H groups in total. The van der Waals surface area contributed by atoms with Crippen LogP contribution in [0.3, 0.4) is 0 Å². The van der Waals surface area contributed by atoms with Crippen molar-refractivity contribution >= 4 is 23.6 Å². The number of hydrogen-bond acceptors (Lipinski definition) is 3. The largest absolute Gasteiger partial charge is 0.351 e. The Morgan fingerprint density at radius 3 is 2.64 bits per heavy atom. The summed E-state index contributed by atoms with van der Waals surface area (Å²) in [5, 5.41) is 13.8. The molecule has 0 aliphatic rings. The second-order valence-corrected chi connectivity index (χ2v) is 5.19. The molecule has 126 valence electrons. The predicted molar refractivity (Wildman–Crippen MR) is 92.6 cm³/mol. The second-order valence-electron chi connectivity index (χ2n) is 5.19. The molecule has 0 aliphatic heterocycles. The minimum absolute atomic E-state index is 0.190. The first-order valence-corrected chi connectivity index (χ1v) is 7.54. The number of rotatable bonds is 6. The van der Waals surface area contributed by atoms with E-state index < -0.39 is 0 Å². The van der Waals surface area contributed by atoms with Gasteiger partial charge in [-0.25, -0.2) is 4.39 Å². The average Bonchev–Trinajstić information content (AvgIpc) is 2.60. The molecule has 6 heteroatoms. The van der Waals surface area contributed by atoms with Crippen molar-refractivity contribution in [3.05, 3.63) is 71.6 Å². The maximum Gasteiger partial charge on any atom is 0.248 e. The van der Waals surface area contributed by atoms with E-state index in [0.717, 1.165) is 5.56 Å². The summed E-state index contributed by atoms with van der Waals surface area (Å²) in [7, 11) is 0. The summed E-state index contributed by atoms with van der Waals surface area (Å²) >= 11 is 0. The van der Waals surface area contributed by atoms with E-state index in [2.05, 4.69) is 10.6 Å². The van der Waals surface area contributed by atoms with Gasteiger partial charge in [-0.1, -0.05) is 24.3 Å². The van der Waals surface area contributed by atoms with Gasteiger partial charge in [0, 0.05) is 18.3 Å². The molecule has 0 bridgehead atoms. The molecule has 5 nitrogen and oxygen atoms in total. The Balaban J connectivity index is 1.92. The van der Waals surface area contributed by atoms with Crippen LogP contribution in [0.2, 0.25) is 0 Å². The maximum absolute atomic E-state index is 12.8. The first-order chi connectivity index (χ1) is 12.1. The molecule has 25 heavy (non-hydrogen) atoms. The third-order valence-electron chi connectivity index (χ3n) is 3.22. The van der Waals surface area contributed by atoms with E-state index in [1.807, 2.05) is 0 Å². The van der Waals surface area contributed by atoms with E-state index in [4.69, 9.17) is 5.26 Å². The number of carbonyl (C=O) groups is 2. The van der Waals surface area contributed by atoms with Gasteiger partial charge in [-0.2, -0.15) is 5.26 Å². The van der Waals surface area contributed by atoms with E-state index in [0.29, 0.717) is 11.3 Å². The van der Waals surface area contributed by atoms with E-state index in [-0.39, 0.29) is 30.6 Å². The molecular formula is C19H16FN3O2. The Labute approximate surface area is 144 Å². The predicted octanol–water partition coefficient (Wildman–Crippen LogP) is 3.01. The molecule has 0 heterocycles. The Kier molecular flexibility index (Phi) is 6.43. The maximum atomic E-state index is 12.8. The Morgan fingerprint density at radius 2 is 1.92 bits per heavy atom. The van der Waals surface area contributed by atoms with Crippen molar-refractivity contribution in [3.63, 3.8) is 0 Å². The lowest BCUT2D eigenvalue weighted by Gasteiger charge is -2.07. The van der Waals surface area contributed by atoms with Crippen molar-refractivity contribution in [2.24, 2.45) is 0 Å². The SMILES string of the molecule is N#CCC(=O)NCc1cccc(NC(=O)/C=C/c2ccc(F)cc2)c1. The van der Waals surface area contributed by atoms with Crippen LogP contribution in [0.25, 0.3) is 6.08 Å². The minimum Gasteiger partial charge on any atom is -0.351 e. The van der Waals surface area contributed by atoms with Gasteiger partial charge in [0.05, 0.1) is 6.07 Å². The summed E-state index contributed by atoms with van der Waals surface area (Å²) in [6.07, 6.45) is 2.75. The molecule has 0 atom stereocenters. The van der Waals surface area contributed by atoms with Crippen molar-refractivity contribution in [2.45, 2.75) is 13.0 Å². The minimum atomic E-state index is -0.348. The monoisotopic (exact) mass is 337 g/mol. The van der Waals surface area contributed by atoms with Crippen molar-refractivity contribution in [1.82, 2.24) is 5.32 Å². The fraction of sp³-hybridized carbons (Fsp3) is 0.105. The quantitative estimate of drug-likeness (QED) is 0.795. The van der Waals surface area contributed by atoms with Crippen LogP contribution in [-0.4, -0.2) is 11.8 Å². The summed E-state index contributed by atoms with van der Waals surface area (Å²) < 4.78 is 12.8. The van der Waals surface area contributed by atoms with Crippen LogP contribution >= 0.6 is 0 Å². The molecule has 0 unspecified atom stereocenters. The van der Waals surface area contributed by atoms with Gasteiger partial charge in [0.1, 0.15) is 12.2 Å². The standard InChI is InChI=1S/C19H16FN3O2/c20-16-7-4-14(5-8-16)6-9-19(25)23-17-3-1-2-15(12-17)13-22-18(24)10-11-21/h1-9,12H,10,13H2,(H,22,24)(H,23,25)/b9-6+. The average molecular weight is 337 g/mol. The van der Waals surface area contributed by atoms with Crippen LogP contribution in [-0.2, 0) is 16.1 Å². The van der Waals surface area contributed by atoms with Crippen LogP contribution in [0.4, 0.5) is 10.1 Å². The third kappa shape index (κ3) is 6.28. The third-order valence-corrected chi connectivity index (χ3v) is 3.22. The summed E-state index contributed by atoms with van der Waals surface area (Å²) in [6.45, 7) is 0.273. The number of anilines is 1. The number of amides is 2. The molecule has 0 saturated heterocycles. The normalized spacial score (nSPS) is 10.2. The smallest absolute Gasteiger partial charge is 0.248 e. The van der Waals surface area contributed by atoms with Crippen LogP contribution < -0.4 is 10.6 Å². The van der Waals surface area contributed by atoms with Gasteiger partial charge in [-0.15, -0.1) is 0 Å². The highest BCUT2D eigenvalue weighted by atomic mass is 19.1. The summed E-state index contributed by atoms with van der Waals surface area (Å²) in [5.41, 5.74) is 2.10. The molecule has 0 saturated carbocycles. The molecule has 0 radical (unpaired) electrons. The number of carbonyl (C=O) groups excluding carboxylic acids is 2. The van der Waals surface area contributed by atoms with Gasteiger partial charge < -0.3 is 10.6 Å². The highest BCUT2D eigenvalue weighted by Gasteiger charge is 2.02. The van der Waals surface area contributed by atoms with Crippen molar-refractivity contribution in [2.75, 3.05) is 5.32 Å². The Hall–Kier alpha value is -3.46.